The topological polar surface area (TPSA) is 73.8 Å². The molecule has 0 radical (unpaired) electrons. The summed E-state index contributed by atoms with van der Waals surface area (Å²) in [5.74, 6) is 0.159. The summed E-state index contributed by atoms with van der Waals surface area (Å²) in [6.07, 6.45) is 1.98. The molecule has 0 spiro atoms. The molecule has 5 aromatic rings. The lowest BCUT2D eigenvalue weighted by molar-refractivity contribution is 0.0986. The number of aryl methyl sites for hydroxylation is 2. The normalized spacial score (nSPS) is 11.1. The van der Waals surface area contributed by atoms with E-state index in [0.717, 1.165) is 33.6 Å². The van der Waals surface area contributed by atoms with Gasteiger partial charge in [-0.15, -0.1) is 10.2 Å². The number of halogens is 1. The number of nitrogens with zero attached hydrogens (tertiary/aromatic N) is 4. The predicted octanol–water partition coefficient (Wildman–Crippen LogP) is 6.83. The van der Waals surface area contributed by atoms with E-state index in [2.05, 4.69) is 42.2 Å². The largest absolute Gasteiger partial charge is 0.414 e. The van der Waals surface area contributed by atoms with Gasteiger partial charge in [0, 0.05) is 22.3 Å². The van der Waals surface area contributed by atoms with Crippen molar-refractivity contribution < 1.29 is 9.21 Å². The van der Waals surface area contributed by atoms with Crippen molar-refractivity contribution in [3.05, 3.63) is 101 Å². The van der Waals surface area contributed by atoms with Crippen LogP contribution < -0.4 is 0 Å². The summed E-state index contributed by atoms with van der Waals surface area (Å²) in [5, 5.41) is 9.33. The van der Waals surface area contributed by atoms with Crippen LogP contribution in [0.15, 0.2) is 88.6 Å². The fourth-order valence-electron chi connectivity index (χ4n) is 3.60. The highest BCUT2D eigenvalue weighted by atomic mass is 35.5. The van der Waals surface area contributed by atoms with Crippen molar-refractivity contribution >= 4 is 29.1 Å². The molecule has 174 valence electrons. The Morgan fingerprint density at radius 1 is 0.971 bits per heavy atom. The summed E-state index contributed by atoms with van der Waals surface area (Å²) < 4.78 is 7.65. The molecule has 2 aromatic heterocycles. The third-order valence-electron chi connectivity index (χ3n) is 5.45. The number of Topliss-reactive ketones (excluding diaryl/α,β-unsaturated/α-hetero) is 1. The number of hydrogen-bond acceptors (Lipinski definition) is 6. The maximum absolute atomic E-state index is 12.9. The van der Waals surface area contributed by atoms with Gasteiger partial charge in [-0.05, 0) is 55.3 Å². The zero-order valence-electron chi connectivity index (χ0n) is 19.1. The van der Waals surface area contributed by atoms with Gasteiger partial charge in [0.1, 0.15) is 0 Å². The molecule has 0 aliphatic heterocycles. The summed E-state index contributed by atoms with van der Waals surface area (Å²) >= 11 is 7.40. The van der Waals surface area contributed by atoms with Crippen LogP contribution in [-0.2, 0) is 0 Å². The summed E-state index contributed by atoms with van der Waals surface area (Å²) in [4.78, 5) is 17.7. The van der Waals surface area contributed by atoms with Crippen LogP contribution in [0.3, 0.4) is 0 Å². The number of rotatable bonds is 7. The van der Waals surface area contributed by atoms with Gasteiger partial charge in [0.15, 0.2) is 5.16 Å². The summed E-state index contributed by atoms with van der Waals surface area (Å²) in [7, 11) is 0. The molecule has 0 aliphatic rings. The first-order valence-corrected chi connectivity index (χ1v) is 12.3. The number of carbonyl (C=O) groups excluding carboxylic acids is 1. The molecule has 35 heavy (non-hydrogen) atoms. The van der Waals surface area contributed by atoms with E-state index in [1.165, 1.54) is 11.8 Å². The molecule has 0 unspecified atom stereocenters. The van der Waals surface area contributed by atoms with Crippen molar-refractivity contribution in [3.63, 3.8) is 0 Å². The van der Waals surface area contributed by atoms with E-state index in [4.69, 9.17) is 21.0 Å². The molecule has 0 saturated heterocycles. The SMILES string of the molecule is Cc1ccc(C)c(-n2cc(-c3ccc(Cl)cc3)nc2SCC(=O)c2nnc(-c3ccccc3)o2)c1. The molecule has 6 nitrogen and oxygen atoms in total. The standard InChI is InChI=1S/C27H21ClN4O2S/c1-17-8-9-18(2)23(14-17)32-15-22(19-10-12-21(28)13-11-19)29-27(32)35-16-24(33)26-31-30-25(34-26)20-6-4-3-5-7-20/h3-15H,16H2,1-2H3. The van der Waals surface area contributed by atoms with E-state index in [9.17, 15) is 4.79 Å². The van der Waals surface area contributed by atoms with Crippen molar-refractivity contribution in [2.75, 3.05) is 5.75 Å². The number of carbonyl (C=O) groups is 1. The van der Waals surface area contributed by atoms with Crippen molar-refractivity contribution in [1.29, 1.82) is 0 Å². The molecule has 3 aromatic carbocycles. The maximum Gasteiger partial charge on any atom is 0.285 e. The number of imidazole rings is 1. The molecule has 0 amide bonds. The fourth-order valence-corrected chi connectivity index (χ4v) is 4.56. The second-order valence-corrected chi connectivity index (χ2v) is 9.44. The summed E-state index contributed by atoms with van der Waals surface area (Å²) in [6, 6.07) is 23.2. The second-order valence-electron chi connectivity index (χ2n) is 8.07. The van der Waals surface area contributed by atoms with Crippen molar-refractivity contribution in [2.45, 2.75) is 19.0 Å². The minimum atomic E-state index is -0.256. The van der Waals surface area contributed by atoms with Crippen LogP contribution in [0.4, 0.5) is 0 Å². The van der Waals surface area contributed by atoms with Crippen LogP contribution in [0, 0.1) is 13.8 Å². The van der Waals surface area contributed by atoms with Crippen molar-refractivity contribution in [1.82, 2.24) is 19.7 Å². The first-order valence-electron chi connectivity index (χ1n) is 11.0. The molecule has 0 atom stereocenters. The molecular weight excluding hydrogens is 480 g/mol. The van der Waals surface area contributed by atoms with Gasteiger partial charge in [0.05, 0.1) is 17.1 Å². The van der Waals surface area contributed by atoms with E-state index in [1.807, 2.05) is 65.4 Å². The van der Waals surface area contributed by atoms with Crippen LogP contribution in [0.1, 0.15) is 21.8 Å². The predicted molar refractivity (Wildman–Crippen MR) is 138 cm³/mol. The van der Waals surface area contributed by atoms with Crippen LogP contribution in [0.2, 0.25) is 5.02 Å². The Morgan fingerprint density at radius 2 is 1.74 bits per heavy atom. The first-order chi connectivity index (χ1) is 17.0. The van der Waals surface area contributed by atoms with E-state index < -0.39 is 0 Å². The summed E-state index contributed by atoms with van der Waals surface area (Å²) in [6.45, 7) is 4.11. The average molecular weight is 501 g/mol. The lowest BCUT2D eigenvalue weighted by Crippen LogP contribution is -2.05. The molecule has 0 N–H and O–H groups in total. The zero-order chi connectivity index (χ0) is 24.4. The first kappa shape index (κ1) is 23.1. The minimum absolute atomic E-state index is 0.0147. The molecule has 2 heterocycles. The Balaban J connectivity index is 1.43. The molecular formula is C27H21ClN4O2S. The van der Waals surface area contributed by atoms with E-state index in [1.54, 1.807) is 0 Å². The number of thioether (sulfide) groups is 1. The van der Waals surface area contributed by atoms with Gasteiger partial charge in [-0.1, -0.05) is 65.8 Å². The fraction of sp³-hybridized carbons (Fsp3) is 0.111. The molecule has 8 heteroatoms. The van der Waals surface area contributed by atoms with Crippen LogP contribution in [0.5, 0.6) is 0 Å². The third-order valence-corrected chi connectivity index (χ3v) is 6.66. The highest BCUT2D eigenvalue weighted by Gasteiger charge is 2.19. The molecule has 5 rings (SSSR count). The number of benzene rings is 3. The van der Waals surface area contributed by atoms with Crippen LogP contribution in [0.25, 0.3) is 28.4 Å². The smallest absolute Gasteiger partial charge is 0.285 e. The summed E-state index contributed by atoms with van der Waals surface area (Å²) in [5.41, 5.74) is 5.76. The van der Waals surface area contributed by atoms with Crippen LogP contribution >= 0.6 is 23.4 Å². The third kappa shape index (κ3) is 5.06. The van der Waals surface area contributed by atoms with E-state index in [0.29, 0.717) is 16.1 Å². The number of aromatic nitrogens is 4. The molecule has 0 fully saturated rings. The molecule has 0 saturated carbocycles. The van der Waals surface area contributed by atoms with Gasteiger partial charge in [0.2, 0.25) is 11.7 Å². The van der Waals surface area contributed by atoms with Crippen LogP contribution in [-0.4, -0.2) is 31.3 Å². The minimum Gasteiger partial charge on any atom is -0.414 e. The van der Waals surface area contributed by atoms with Crippen molar-refractivity contribution in [2.24, 2.45) is 0 Å². The lowest BCUT2D eigenvalue weighted by Gasteiger charge is -2.11. The maximum atomic E-state index is 12.9. The van der Waals surface area contributed by atoms with Crippen molar-refractivity contribution in [3.8, 4) is 28.4 Å². The number of ketones is 1. The Morgan fingerprint density at radius 3 is 2.51 bits per heavy atom. The van der Waals surface area contributed by atoms with Gasteiger partial charge >= 0.3 is 0 Å². The average Bonchev–Trinajstić information content (AvgIpc) is 3.53. The van der Waals surface area contributed by atoms with E-state index in [-0.39, 0.29) is 17.4 Å². The van der Waals surface area contributed by atoms with Gasteiger partial charge in [0.25, 0.3) is 5.89 Å². The Labute approximate surface area is 212 Å². The highest BCUT2D eigenvalue weighted by molar-refractivity contribution is 7.99. The van der Waals surface area contributed by atoms with Gasteiger partial charge in [-0.2, -0.15) is 0 Å². The number of hydrogen-bond donors (Lipinski definition) is 0. The van der Waals surface area contributed by atoms with Gasteiger partial charge < -0.3 is 4.42 Å². The molecule has 0 aliphatic carbocycles. The van der Waals surface area contributed by atoms with Gasteiger partial charge in [-0.25, -0.2) is 4.98 Å². The quantitative estimate of drug-likeness (QED) is 0.180. The van der Waals surface area contributed by atoms with Gasteiger partial charge in [-0.3, -0.25) is 9.36 Å². The Bertz CT molecular complexity index is 1490. The van der Waals surface area contributed by atoms with E-state index >= 15 is 0 Å². The second kappa shape index (κ2) is 9.90. The molecule has 0 bridgehead atoms. The Kier molecular flexibility index (Phi) is 6.53. The monoisotopic (exact) mass is 500 g/mol. The lowest BCUT2D eigenvalue weighted by atomic mass is 10.1. The highest BCUT2D eigenvalue weighted by Crippen LogP contribution is 2.30. The zero-order valence-corrected chi connectivity index (χ0v) is 20.7. The Hall–Kier alpha value is -3.68.